The van der Waals surface area contributed by atoms with E-state index < -0.39 is 0 Å². The van der Waals surface area contributed by atoms with E-state index in [4.69, 9.17) is 4.74 Å². The van der Waals surface area contributed by atoms with Gasteiger partial charge in [0.2, 0.25) is 5.91 Å². The molecule has 1 unspecified atom stereocenters. The molecule has 1 heterocycles. The zero-order valence-corrected chi connectivity index (χ0v) is 10.7. The zero-order valence-electron chi connectivity index (χ0n) is 10.7. The van der Waals surface area contributed by atoms with Gasteiger partial charge in [0.25, 0.3) is 0 Å². The Bertz CT molecular complexity index is 443. The van der Waals surface area contributed by atoms with E-state index in [1.165, 1.54) is 0 Å². The van der Waals surface area contributed by atoms with Crippen LogP contribution in [0.3, 0.4) is 0 Å². The topological polar surface area (TPSA) is 41.6 Å². The first-order chi connectivity index (χ1) is 8.04. The summed E-state index contributed by atoms with van der Waals surface area (Å²) in [6, 6.07) is 5.81. The Balaban J connectivity index is 2.51. The Hall–Kier alpha value is -1.71. The first-order valence-corrected chi connectivity index (χ1v) is 5.82. The van der Waals surface area contributed by atoms with Crippen molar-refractivity contribution in [3.63, 3.8) is 0 Å². The number of anilines is 2. The fourth-order valence-corrected chi connectivity index (χ4v) is 2.26. The lowest BCUT2D eigenvalue weighted by atomic mass is 10.1. The highest BCUT2D eigenvalue weighted by molar-refractivity contribution is 6.03. The van der Waals surface area contributed by atoms with Crippen LogP contribution in [0.25, 0.3) is 0 Å². The van der Waals surface area contributed by atoms with Crippen molar-refractivity contribution in [2.75, 3.05) is 17.3 Å². The molecule has 0 saturated carbocycles. The van der Waals surface area contributed by atoms with Gasteiger partial charge in [-0.3, -0.25) is 4.79 Å². The molecule has 17 heavy (non-hydrogen) atoms. The van der Waals surface area contributed by atoms with Gasteiger partial charge in [0, 0.05) is 12.1 Å². The molecule has 0 spiro atoms. The summed E-state index contributed by atoms with van der Waals surface area (Å²) < 4.78 is 5.23. The molecule has 0 aliphatic carbocycles. The SMILES string of the molecule is COc1ccc2c(c1)N(C(C)C)C(C)C(=O)N2. The monoisotopic (exact) mass is 234 g/mol. The van der Waals surface area contributed by atoms with Crippen LogP contribution in [0, 0.1) is 0 Å². The van der Waals surface area contributed by atoms with E-state index in [0.717, 1.165) is 17.1 Å². The molecule has 1 aliphatic heterocycles. The van der Waals surface area contributed by atoms with Crippen LogP contribution in [0.2, 0.25) is 0 Å². The van der Waals surface area contributed by atoms with Gasteiger partial charge in [-0.1, -0.05) is 0 Å². The van der Waals surface area contributed by atoms with Crippen LogP contribution < -0.4 is 15.0 Å². The lowest BCUT2D eigenvalue weighted by molar-refractivity contribution is -0.117. The standard InChI is InChI=1S/C13H18N2O2/c1-8(2)15-9(3)13(16)14-11-6-5-10(17-4)7-12(11)15/h5-9H,1-4H3,(H,14,16). The third-order valence-electron chi connectivity index (χ3n) is 3.09. The summed E-state index contributed by atoms with van der Waals surface area (Å²) >= 11 is 0. The summed E-state index contributed by atoms with van der Waals surface area (Å²) in [5.74, 6) is 0.842. The second-order valence-corrected chi connectivity index (χ2v) is 4.55. The first kappa shape index (κ1) is 11.8. The van der Waals surface area contributed by atoms with Crippen molar-refractivity contribution in [1.82, 2.24) is 0 Å². The molecule has 0 radical (unpaired) electrons. The second-order valence-electron chi connectivity index (χ2n) is 4.55. The number of nitrogens with one attached hydrogen (secondary N) is 1. The van der Waals surface area contributed by atoms with Gasteiger partial charge in [0.15, 0.2) is 0 Å². The molecular formula is C13H18N2O2. The number of carbonyl (C=O) groups excluding carboxylic acids is 1. The Labute approximate surface area is 102 Å². The van der Waals surface area contributed by atoms with Crippen LogP contribution in [-0.2, 0) is 4.79 Å². The van der Waals surface area contributed by atoms with Crippen LogP contribution in [0.4, 0.5) is 11.4 Å². The summed E-state index contributed by atoms with van der Waals surface area (Å²) in [7, 11) is 1.65. The van der Waals surface area contributed by atoms with Crippen LogP contribution in [0.15, 0.2) is 18.2 Å². The molecule has 1 aromatic rings. The number of hydrogen-bond donors (Lipinski definition) is 1. The molecule has 92 valence electrons. The predicted molar refractivity (Wildman–Crippen MR) is 68.7 cm³/mol. The van der Waals surface area contributed by atoms with E-state index in [0.29, 0.717) is 0 Å². The number of methoxy groups -OCH3 is 1. The third-order valence-corrected chi connectivity index (χ3v) is 3.09. The zero-order chi connectivity index (χ0) is 12.6. The van der Waals surface area contributed by atoms with E-state index in [9.17, 15) is 4.79 Å². The fourth-order valence-electron chi connectivity index (χ4n) is 2.26. The van der Waals surface area contributed by atoms with Crippen LogP contribution in [0.5, 0.6) is 5.75 Å². The maximum Gasteiger partial charge on any atom is 0.246 e. The molecule has 1 aliphatic rings. The minimum absolute atomic E-state index is 0.0383. The Morgan fingerprint density at radius 3 is 2.71 bits per heavy atom. The minimum atomic E-state index is -0.158. The van der Waals surface area contributed by atoms with Gasteiger partial charge in [-0.25, -0.2) is 0 Å². The highest BCUT2D eigenvalue weighted by Crippen LogP contribution is 2.36. The molecule has 0 fully saturated rings. The van der Waals surface area contributed by atoms with Crippen LogP contribution in [-0.4, -0.2) is 25.1 Å². The highest BCUT2D eigenvalue weighted by atomic mass is 16.5. The van der Waals surface area contributed by atoms with Crippen molar-refractivity contribution in [2.24, 2.45) is 0 Å². The summed E-state index contributed by atoms with van der Waals surface area (Å²) in [4.78, 5) is 13.9. The molecule has 1 aromatic carbocycles. The number of fused-ring (bicyclic) bond motifs is 1. The summed E-state index contributed by atoms with van der Waals surface area (Å²) in [6.45, 7) is 6.08. The van der Waals surface area contributed by atoms with Gasteiger partial charge in [0.05, 0.1) is 18.5 Å². The molecule has 0 bridgehead atoms. The Morgan fingerprint density at radius 1 is 1.41 bits per heavy atom. The number of rotatable bonds is 2. The molecule has 1 atom stereocenters. The predicted octanol–water partition coefficient (Wildman–Crippen LogP) is 2.25. The van der Waals surface area contributed by atoms with Gasteiger partial charge in [-0.2, -0.15) is 0 Å². The molecule has 1 N–H and O–H groups in total. The molecule has 0 aromatic heterocycles. The van der Waals surface area contributed by atoms with E-state index in [2.05, 4.69) is 24.1 Å². The lowest BCUT2D eigenvalue weighted by Gasteiger charge is -2.39. The van der Waals surface area contributed by atoms with E-state index in [-0.39, 0.29) is 18.0 Å². The third kappa shape index (κ3) is 1.95. The van der Waals surface area contributed by atoms with Crippen molar-refractivity contribution < 1.29 is 9.53 Å². The molecule has 0 saturated heterocycles. The number of amides is 1. The molecule has 1 amide bonds. The van der Waals surface area contributed by atoms with Gasteiger partial charge in [-0.05, 0) is 32.9 Å². The summed E-state index contributed by atoms with van der Waals surface area (Å²) in [6.07, 6.45) is 0. The molecule has 4 heteroatoms. The van der Waals surface area contributed by atoms with E-state index in [1.807, 2.05) is 25.1 Å². The maximum absolute atomic E-state index is 11.8. The van der Waals surface area contributed by atoms with E-state index in [1.54, 1.807) is 7.11 Å². The number of hydrogen-bond acceptors (Lipinski definition) is 3. The van der Waals surface area contributed by atoms with Gasteiger partial charge in [0.1, 0.15) is 11.8 Å². The summed E-state index contributed by atoms with van der Waals surface area (Å²) in [5, 5.41) is 2.91. The normalized spacial score (nSPS) is 19.0. The number of ether oxygens (including phenoxy) is 1. The minimum Gasteiger partial charge on any atom is -0.497 e. The van der Waals surface area contributed by atoms with Crippen LogP contribution in [0.1, 0.15) is 20.8 Å². The number of nitrogens with zero attached hydrogens (tertiary/aromatic N) is 1. The first-order valence-electron chi connectivity index (χ1n) is 5.82. The van der Waals surface area contributed by atoms with Gasteiger partial charge < -0.3 is 15.0 Å². The van der Waals surface area contributed by atoms with Gasteiger partial charge in [-0.15, -0.1) is 0 Å². The van der Waals surface area contributed by atoms with Crippen molar-refractivity contribution >= 4 is 17.3 Å². The average molecular weight is 234 g/mol. The Morgan fingerprint density at radius 2 is 2.12 bits per heavy atom. The smallest absolute Gasteiger partial charge is 0.246 e. The van der Waals surface area contributed by atoms with E-state index >= 15 is 0 Å². The largest absolute Gasteiger partial charge is 0.497 e. The Kier molecular flexibility index (Phi) is 2.96. The average Bonchev–Trinajstić information content (AvgIpc) is 2.29. The highest BCUT2D eigenvalue weighted by Gasteiger charge is 2.31. The van der Waals surface area contributed by atoms with Gasteiger partial charge >= 0.3 is 0 Å². The van der Waals surface area contributed by atoms with Crippen molar-refractivity contribution in [3.8, 4) is 5.75 Å². The van der Waals surface area contributed by atoms with Crippen LogP contribution >= 0.6 is 0 Å². The molecular weight excluding hydrogens is 216 g/mol. The maximum atomic E-state index is 11.8. The quantitative estimate of drug-likeness (QED) is 0.853. The van der Waals surface area contributed by atoms with Crippen molar-refractivity contribution in [3.05, 3.63) is 18.2 Å². The second kappa shape index (κ2) is 4.28. The number of carbonyl (C=O) groups is 1. The lowest BCUT2D eigenvalue weighted by Crippen LogP contribution is -2.49. The van der Waals surface area contributed by atoms with Crippen molar-refractivity contribution in [1.29, 1.82) is 0 Å². The van der Waals surface area contributed by atoms with Crippen molar-refractivity contribution in [2.45, 2.75) is 32.9 Å². The molecule has 4 nitrogen and oxygen atoms in total. The number of benzene rings is 1. The fraction of sp³-hybridized carbons (Fsp3) is 0.462. The molecule has 2 rings (SSSR count). The summed E-state index contributed by atoms with van der Waals surface area (Å²) in [5.41, 5.74) is 1.87.